The van der Waals surface area contributed by atoms with Crippen molar-refractivity contribution in [3.05, 3.63) is 23.9 Å². The molecule has 1 heterocycles. The Balaban J connectivity index is 2.96. The Morgan fingerprint density at radius 1 is 1.30 bits per heavy atom. The fourth-order valence-electron chi connectivity index (χ4n) is 1.98. The highest BCUT2D eigenvalue weighted by molar-refractivity contribution is 7.89. The van der Waals surface area contributed by atoms with Crippen LogP contribution in [0, 0.1) is 0 Å². The van der Waals surface area contributed by atoms with Crippen molar-refractivity contribution in [2.75, 3.05) is 6.54 Å². The third-order valence-corrected chi connectivity index (χ3v) is 5.16. The smallest absolute Gasteiger partial charge is 0.260 e. The lowest BCUT2D eigenvalue weighted by molar-refractivity contribution is 0.344. The number of unbranched alkanes of at least 4 members (excludes halogenated alkanes) is 2. The lowest BCUT2D eigenvalue weighted by Gasteiger charge is -2.25. The molecule has 1 aromatic rings. The third-order valence-electron chi connectivity index (χ3n) is 3.16. The molecule has 0 atom stereocenters. The van der Waals surface area contributed by atoms with Gasteiger partial charge in [0.15, 0.2) is 5.03 Å². The highest BCUT2D eigenvalue weighted by atomic mass is 32.2. The van der Waals surface area contributed by atoms with Crippen LogP contribution in [0.3, 0.4) is 0 Å². The second-order valence-electron chi connectivity index (χ2n) is 5.13. The Morgan fingerprint density at radius 3 is 2.45 bits per heavy atom. The van der Waals surface area contributed by atoms with E-state index in [-0.39, 0.29) is 11.1 Å². The van der Waals surface area contributed by atoms with Crippen molar-refractivity contribution >= 4 is 10.0 Å². The van der Waals surface area contributed by atoms with Crippen LogP contribution in [0.1, 0.15) is 45.6 Å². The van der Waals surface area contributed by atoms with Crippen LogP contribution in [-0.4, -0.2) is 30.3 Å². The van der Waals surface area contributed by atoms with E-state index in [0.717, 1.165) is 24.8 Å². The van der Waals surface area contributed by atoms with Crippen LogP contribution in [0.5, 0.6) is 0 Å². The topological polar surface area (TPSA) is 76.3 Å². The highest BCUT2D eigenvalue weighted by Gasteiger charge is 2.27. The number of hydrogen-bond donors (Lipinski definition) is 1. The van der Waals surface area contributed by atoms with Crippen LogP contribution in [0.4, 0.5) is 0 Å². The SMILES string of the molecule is CCCCCN(C(C)C)S(=O)(=O)c1ccc(CN)cn1. The molecule has 0 saturated heterocycles. The van der Waals surface area contributed by atoms with E-state index < -0.39 is 10.0 Å². The summed E-state index contributed by atoms with van der Waals surface area (Å²) in [5.74, 6) is 0. The molecule has 0 aromatic carbocycles. The maximum atomic E-state index is 12.6. The van der Waals surface area contributed by atoms with Crippen molar-refractivity contribution in [2.24, 2.45) is 5.73 Å². The molecule has 0 unspecified atom stereocenters. The first-order valence-corrected chi connectivity index (χ1v) is 8.54. The van der Waals surface area contributed by atoms with Gasteiger partial charge in [0, 0.05) is 25.3 Å². The molecular formula is C14H25N3O2S. The van der Waals surface area contributed by atoms with E-state index in [0.29, 0.717) is 13.1 Å². The Morgan fingerprint density at radius 2 is 2.00 bits per heavy atom. The molecule has 0 aliphatic heterocycles. The summed E-state index contributed by atoms with van der Waals surface area (Å²) in [4.78, 5) is 4.04. The van der Waals surface area contributed by atoms with Gasteiger partial charge in [-0.3, -0.25) is 0 Å². The van der Waals surface area contributed by atoms with Crippen LogP contribution < -0.4 is 5.73 Å². The molecule has 0 bridgehead atoms. The van der Waals surface area contributed by atoms with Gasteiger partial charge in [-0.25, -0.2) is 13.4 Å². The first-order chi connectivity index (χ1) is 9.43. The van der Waals surface area contributed by atoms with Gasteiger partial charge in [0.1, 0.15) is 0 Å². The molecule has 0 aliphatic rings. The molecular weight excluding hydrogens is 274 g/mol. The first-order valence-electron chi connectivity index (χ1n) is 7.10. The van der Waals surface area contributed by atoms with Gasteiger partial charge in [-0.2, -0.15) is 4.31 Å². The fraction of sp³-hybridized carbons (Fsp3) is 0.643. The lowest BCUT2D eigenvalue weighted by Crippen LogP contribution is -2.38. The summed E-state index contributed by atoms with van der Waals surface area (Å²) in [6.07, 6.45) is 4.49. The van der Waals surface area contributed by atoms with Gasteiger partial charge >= 0.3 is 0 Å². The quantitative estimate of drug-likeness (QED) is 0.746. The number of hydrogen-bond acceptors (Lipinski definition) is 4. The van der Waals surface area contributed by atoms with Crippen molar-refractivity contribution in [1.82, 2.24) is 9.29 Å². The van der Waals surface area contributed by atoms with Crippen molar-refractivity contribution in [1.29, 1.82) is 0 Å². The van der Waals surface area contributed by atoms with E-state index in [2.05, 4.69) is 11.9 Å². The summed E-state index contributed by atoms with van der Waals surface area (Å²) in [6, 6.07) is 3.17. The minimum atomic E-state index is -3.52. The molecule has 1 aromatic heterocycles. The molecule has 0 amide bonds. The number of rotatable bonds is 8. The van der Waals surface area contributed by atoms with E-state index in [9.17, 15) is 8.42 Å². The maximum Gasteiger partial charge on any atom is 0.260 e. The van der Waals surface area contributed by atoms with Gasteiger partial charge in [0.2, 0.25) is 0 Å². The zero-order chi connectivity index (χ0) is 15.2. The Labute approximate surface area is 122 Å². The summed E-state index contributed by atoms with van der Waals surface area (Å²) in [7, 11) is -3.52. The second-order valence-corrected chi connectivity index (χ2v) is 6.96. The van der Waals surface area contributed by atoms with Gasteiger partial charge in [-0.05, 0) is 31.9 Å². The molecule has 20 heavy (non-hydrogen) atoms. The van der Waals surface area contributed by atoms with Gasteiger partial charge in [-0.1, -0.05) is 25.8 Å². The molecule has 0 aliphatic carbocycles. The molecule has 0 spiro atoms. The minimum Gasteiger partial charge on any atom is -0.326 e. The van der Waals surface area contributed by atoms with E-state index in [1.165, 1.54) is 16.6 Å². The summed E-state index contributed by atoms with van der Waals surface area (Å²) in [5.41, 5.74) is 6.32. The number of nitrogens with two attached hydrogens (primary N) is 1. The van der Waals surface area contributed by atoms with Gasteiger partial charge in [0.05, 0.1) is 0 Å². The Hall–Kier alpha value is -0.980. The van der Waals surface area contributed by atoms with Crippen LogP contribution in [0.15, 0.2) is 23.4 Å². The summed E-state index contributed by atoms with van der Waals surface area (Å²) < 4.78 is 26.7. The predicted octanol–water partition coefficient (Wildman–Crippen LogP) is 2.13. The van der Waals surface area contributed by atoms with Crippen LogP contribution in [0.25, 0.3) is 0 Å². The molecule has 5 nitrogen and oxygen atoms in total. The predicted molar refractivity (Wildman–Crippen MR) is 80.7 cm³/mol. The Kier molecular flexibility index (Phi) is 6.58. The average Bonchev–Trinajstić information content (AvgIpc) is 2.43. The monoisotopic (exact) mass is 299 g/mol. The van der Waals surface area contributed by atoms with Gasteiger partial charge in [-0.15, -0.1) is 0 Å². The molecule has 1 rings (SSSR count). The summed E-state index contributed by atoms with van der Waals surface area (Å²) >= 11 is 0. The standard InChI is InChI=1S/C14H25N3O2S/c1-4-5-6-9-17(12(2)3)20(18,19)14-8-7-13(10-15)11-16-14/h7-8,11-12H,4-6,9-10,15H2,1-3H3. The summed E-state index contributed by atoms with van der Waals surface area (Å²) in [6.45, 7) is 6.77. The zero-order valence-electron chi connectivity index (χ0n) is 12.5. The molecule has 6 heteroatoms. The highest BCUT2D eigenvalue weighted by Crippen LogP contribution is 2.17. The molecule has 0 radical (unpaired) electrons. The van der Waals surface area contributed by atoms with Crippen molar-refractivity contribution < 1.29 is 8.42 Å². The van der Waals surface area contributed by atoms with Crippen LogP contribution in [0.2, 0.25) is 0 Å². The molecule has 0 saturated carbocycles. The largest absolute Gasteiger partial charge is 0.326 e. The first kappa shape index (κ1) is 17.1. The van der Waals surface area contributed by atoms with Crippen molar-refractivity contribution in [3.8, 4) is 0 Å². The van der Waals surface area contributed by atoms with E-state index in [1.54, 1.807) is 6.07 Å². The van der Waals surface area contributed by atoms with Gasteiger partial charge < -0.3 is 5.73 Å². The number of nitrogens with zero attached hydrogens (tertiary/aromatic N) is 2. The van der Waals surface area contributed by atoms with Gasteiger partial charge in [0.25, 0.3) is 10.0 Å². The van der Waals surface area contributed by atoms with E-state index in [4.69, 9.17) is 5.73 Å². The lowest BCUT2D eigenvalue weighted by atomic mass is 10.2. The van der Waals surface area contributed by atoms with Crippen LogP contribution in [-0.2, 0) is 16.6 Å². The fourth-order valence-corrected chi connectivity index (χ4v) is 3.57. The minimum absolute atomic E-state index is 0.0761. The molecule has 0 fully saturated rings. The zero-order valence-corrected chi connectivity index (χ0v) is 13.4. The van der Waals surface area contributed by atoms with Crippen molar-refractivity contribution in [2.45, 2.75) is 57.6 Å². The molecule has 2 N–H and O–H groups in total. The van der Waals surface area contributed by atoms with E-state index >= 15 is 0 Å². The number of pyridine rings is 1. The van der Waals surface area contributed by atoms with Crippen molar-refractivity contribution in [3.63, 3.8) is 0 Å². The summed E-state index contributed by atoms with van der Waals surface area (Å²) in [5, 5.41) is 0.0971. The third kappa shape index (κ3) is 4.26. The average molecular weight is 299 g/mol. The van der Waals surface area contributed by atoms with Crippen LogP contribution >= 0.6 is 0 Å². The maximum absolute atomic E-state index is 12.6. The molecule has 114 valence electrons. The normalized spacial score (nSPS) is 12.3. The van der Waals surface area contributed by atoms with E-state index in [1.807, 2.05) is 13.8 Å². The number of aromatic nitrogens is 1. The second kappa shape index (κ2) is 7.71. The Bertz CT molecular complexity index is 498. The number of sulfonamides is 1.